The number of tetrazole rings is 1. The van der Waals surface area contributed by atoms with Crippen molar-refractivity contribution < 1.29 is 0 Å². The molecule has 2 rings (SSSR count). The van der Waals surface area contributed by atoms with Crippen molar-refractivity contribution in [1.82, 2.24) is 37.1 Å². The van der Waals surface area contributed by atoms with Gasteiger partial charge in [0.1, 0.15) is 0 Å². The van der Waals surface area contributed by atoms with Gasteiger partial charge < -0.3 is 0 Å². The van der Waals surface area contributed by atoms with Crippen LogP contribution in [0.15, 0.2) is 5.10 Å². The van der Waals surface area contributed by atoms with E-state index in [4.69, 9.17) is 0 Å². The summed E-state index contributed by atoms with van der Waals surface area (Å²) in [5.74, 6) is 0.922. The monoisotopic (exact) mass is 140 g/mol. The summed E-state index contributed by atoms with van der Waals surface area (Å²) in [6.45, 7) is 0. The van der Waals surface area contributed by atoms with Gasteiger partial charge in [0.25, 0.3) is 0 Å². The van der Waals surface area contributed by atoms with Gasteiger partial charge in [-0.3, -0.25) is 5.43 Å². The molecule has 8 heteroatoms. The predicted octanol–water partition coefficient (Wildman–Crippen LogP) is -2.53. The second-order valence-corrected chi connectivity index (χ2v) is 1.56. The molecule has 52 valence electrons. The second-order valence-electron chi connectivity index (χ2n) is 1.56. The van der Waals surface area contributed by atoms with Gasteiger partial charge in [0.05, 0.1) is 0 Å². The number of hydrogen-bond acceptors (Lipinski definition) is 7. The Balaban J connectivity index is 2.28. The van der Waals surface area contributed by atoms with Crippen molar-refractivity contribution in [2.75, 3.05) is 0 Å². The molecule has 2 heterocycles. The number of rotatable bonds is 1. The van der Waals surface area contributed by atoms with E-state index in [1.807, 2.05) is 0 Å². The summed E-state index contributed by atoms with van der Waals surface area (Å²) in [7, 11) is 0. The van der Waals surface area contributed by atoms with E-state index in [9.17, 15) is 0 Å². The molecule has 1 aromatic rings. The highest BCUT2D eigenvalue weighted by Crippen LogP contribution is 1.85. The van der Waals surface area contributed by atoms with E-state index in [-0.39, 0.29) is 0 Å². The molecule has 1 aliphatic rings. The minimum Gasteiger partial charge on any atom is -0.282 e. The van der Waals surface area contributed by atoms with Crippen LogP contribution in [0.4, 0.5) is 0 Å². The lowest BCUT2D eigenvalue weighted by Crippen LogP contribution is -2.35. The van der Waals surface area contributed by atoms with E-state index in [1.165, 1.54) is 0 Å². The molecule has 0 radical (unpaired) electrons. The molecule has 8 nitrogen and oxygen atoms in total. The summed E-state index contributed by atoms with van der Waals surface area (Å²) in [5.41, 5.74) is 7.66. The number of hydrazine groups is 2. The van der Waals surface area contributed by atoms with Crippen molar-refractivity contribution >= 4 is 5.84 Å². The maximum atomic E-state index is 3.74. The van der Waals surface area contributed by atoms with E-state index >= 15 is 0 Å². The van der Waals surface area contributed by atoms with Crippen molar-refractivity contribution in [3.05, 3.63) is 5.82 Å². The van der Waals surface area contributed by atoms with E-state index < -0.39 is 0 Å². The fourth-order valence-electron chi connectivity index (χ4n) is 0.567. The zero-order valence-electron chi connectivity index (χ0n) is 4.79. The zero-order valence-corrected chi connectivity index (χ0v) is 4.79. The molecule has 0 saturated heterocycles. The normalized spacial score (nSPS) is 15.8. The quantitative estimate of drug-likeness (QED) is 0.343. The van der Waals surface area contributed by atoms with E-state index in [0.29, 0.717) is 11.7 Å². The van der Waals surface area contributed by atoms with Crippen molar-refractivity contribution in [2.24, 2.45) is 5.10 Å². The number of nitrogens with one attached hydrogen (secondary N) is 4. The molecule has 0 spiro atoms. The van der Waals surface area contributed by atoms with Crippen LogP contribution in [-0.2, 0) is 0 Å². The fraction of sp³-hybridized carbons (Fsp3) is 0. The lowest BCUT2D eigenvalue weighted by Gasteiger charge is -1.90. The Morgan fingerprint density at radius 2 is 2.30 bits per heavy atom. The highest BCUT2D eigenvalue weighted by Gasteiger charge is 2.10. The van der Waals surface area contributed by atoms with E-state index in [0.717, 1.165) is 0 Å². The molecule has 0 unspecified atom stereocenters. The molecule has 0 bridgehead atoms. The standard InChI is InChI=1S/C2H4N8/c3-1(4-8-7-3)2-5-9-10-6-2/h7-8H,(H,3,4)(H,5,6,9,10). The Kier molecular flexibility index (Phi) is 0.979. The number of nitrogens with zero attached hydrogens (tertiary/aromatic N) is 4. The Bertz CT molecular complexity index is 234. The van der Waals surface area contributed by atoms with Crippen LogP contribution < -0.4 is 16.5 Å². The molecule has 1 aliphatic heterocycles. The highest BCUT2D eigenvalue weighted by molar-refractivity contribution is 5.95. The molecule has 0 amide bonds. The number of amidine groups is 1. The van der Waals surface area contributed by atoms with Crippen LogP contribution in [0.3, 0.4) is 0 Å². The van der Waals surface area contributed by atoms with Crippen LogP contribution in [0.1, 0.15) is 5.82 Å². The van der Waals surface area contributed by atoms with Crippen LogP contribution in [0.25, 0.3) is 0 Å². The van der Waals surface area contributed by atoms with Gasteiger partial charge in [0.15, 0.2) is 0 Å². The molecule has 0 fully saturated rings. The minimum absolute atomic E-state index is 0.414. The third-order valence-corrected chi connectivity index (χ3v) is 0.962. The Labute approximate surface area is 55.0 Å². The summed E-state index contributed by atoms with van der Waals surface area (Å²) in [6.07, 6.45) is 0. The third kappa shape index (κ3) is 0.666. The molecular weight excluding hydrogens is 136 g/mol. The Morgan fingerprint density at radius 3 is 2.90 bits per heavy atom. The minimum atomic E-state index is 0.414. The summed E-state index contributed by atoms with van der Waals surface area (Å²) in [5, 5.41) is 16.7. The summed E-state index contributed by atoms with van der Waals surface area (Å²) < 4.78 is 0. The van der Waals surface area contributed by atoms with Gasteiger partial charge in [0.2, 0.25) is 11.7 Å². The van der Waals surface area contributed by atoms with Gasteiger partial charge in [-0.1, -0.05) is 0 Å². The first-order valence-electron chi connectivity index (χ1n) is 2.54. The van der Waals surface area contributed by atoms with Crippen LogP contribution in [-0.4, -0.2) is 26.5 Å². The molecule has 0 saturated carbocycles. The molecular formula is C2H4N8. The number of aromatic amines is 1. The first-order valence-corrected chi connectivity index (χ1v) is 2.54. The van der Waals surface area contributed by atoms with Crippen LogP contribution >= 0.6 is 0 Å². The van der Waals surface area contributed by atoms with E-state index in [2.05, 4.69) is 42.2 Å². The number of aromatic nitrogens is 4. The fourth-order valence-corrected chi connectivity index (χ4v) is 0.567. The predicted molar refractivity (Wildman–Crippen MR) is 30.1 cm³/mol. The molecule has 0 aromatic carbocycles. The van der Waals surface area contributed by atoms with Crippen LogP contribution in [0.2, 0.25) is 0 Å². The largest absolute Gasteiger partial charge is 0.282 e. The zero-order chi connectivity index (χ0) is 6.81. The number of hydrazone groups is 1. The van der Waals surface area contributed by atoms with Gasteiger partial charge in [-0.25, -0.2) is 5.53 Å². The summed E-state index contributed by atoms with van der Waals surface area (Å²) >= 11 is 0. The van der Waals surface area contributed by atoms with Crippen molar-refractivity contribution in [3.63, 3.8) is 0 Å². The first-order chi connectivity index (χ1) is 4.97. The smallest absolute Gasteiger partial charge is 0.242 e. The van der Waals surface area contributed by atoms with Gasteiger partial charge in [-0.2, -0.15) is 5.21 Å². The van der Waals surface area contributed by atoms with Gasteiger partial charge in [-0.05, 0) is 5.21 Å². The van der Waals surface area contributed by atoms with Crippen molar-refractivity contribution in [2.45, 2.75) is 0 Å². The topological polar surface area (TPSA) is 103 Å². The molecule has 10 heavy (non-hydrogen) atoms. The second kappa shape index (κ2) is 1.92. The first kappa shape index (κ1) is 5.11. The SMILES string of the molecule is N1=C(c2nn[nH]n2)NNN1. The Hall–Kier alpha value is -1.70. The van der Waals surface area contributed by atoms with Crippen LogP contribution in [0, 0.1) is 0 Å². The number of H-pyrrole nitrogens is 1. The van der Waals surface area contributed by atoms with Gasteiger partial charge in [-0.15, -0.1) is 20.8 Å². The van der Waals surface area contributed by atoms with E-state index in [1.54, 1.807) is 0 Å². The van der Waals surface area contributed by atoms with Crippen LogP contribution in [0.5, 0.6) is 0 Å². The summed E-state index contributed by atoms with van der Waals surface area (Å²) in [6, 6.07) is 0. The maximum Gasteiger partial charge on any atom is 0.242 e. The maximum absolute atomic E-state index is 3.74. The molecule has 0 atom stereocenters. The van der Waals surface area contributed by atoms with Crippen molar-refractivity contribution in [3.8, 4) is 0 Å². The average Bonchev–Trinajstić information content (AvgIpc) is 2.59. The Morgan fingerprint density at radius 1 is 1.30 bits per heavy atom. The number of hydrogen-bond donors (Lipinski definition) is 4. The lowest BCUT2D eigenvalue weighted by atomic mass is 10.6. The highest BCUT2D eigenvalue weighted by atomic mass is 15.8. The third-order valence-electron chi connectivity index (χ3n) is 0.962. The molecule has 4 N–H and O–H groups in total. The summed E-state index contributed by atoms with van der Waals surface area (Å²) in [4.78, 5) is 0. The molecule has 0 aliphatic carbocycles. The van der Waals surface area contributed by atoms with Gasteiger partial charge >= 0.3 is 0 Å². The molecule has 1 aromatic heterocycles. The van der Waals surface area contributed by atoms with Crippen molar-refractivity contribution in [1.29, 1.82) is 0 Å². The van der Waals surface area contributed by atoms with Gasteiger partial charge in [0, 0.05) is 0 Å². The average molecular weight is 140 g/mol. The lowest BCUT2D eigenvalue weighted by molar-refractivity contribution is 0.577.